The summed E-state index contributed by atoms with van der Waals surface area (Å²) in [7, 11) is 0. The molecular weight excluding hydrogens is 436 g/mol. The molecule has 0 aliphatic heterocycles. The Labute approximate surface area is 186 Å². The third-order valence-electron chi connectivity index (χ3n) is 4.45. The Morgan fingerprint density at radius 3 is 2.47 bits per heavy atom. The molecule has 5 rings (SSSR count). The largest absolute Gasteiger partial charge is 0.419 e. The molecule has 0 radical (unpaired) electrons. The van der Waals surface area contributed by atoms with Crippen molar-refractivity contribution in [2.75, 3.05) is 0 Å². The molecular formula is C22H15ClN4OS2. The first kappa shape index (κ1) is 19.1. The molecule has 0 saturated heterocycles. The standard InChI is InChI=1S/C22H15ClN4OS2/c1-13-19(30-22(24-13)15-7-9-16(23)10-8-15)20-27-26-18(28-20)11-17-12-29-21(25-17)14-5-3-2-4-6-14/h2-10,12H,11H2,1H3. The Kier molecular flexibility index (Phi) is 5.16. The molecule has 30 heavy (non-hydrogen) atoms. The second-order valence-corrected chi connectivity index (χ2v) is 8.92. The van der Waals surface area contributed by atoms with Gasteiger partial charge in [0.15, 0.2) is 0 Å². The van der Waals surface area contributed by atoms with Gasteiger partial charge >= 0.3 is 0 Å². The quantitative estimate of drug-likeness (QED) is 0.304. The van der Waals surface area contributed by atoms with Gasteiger partial charge in [0.05, 0.1) is 17.8 Å². The molecule has 0 spiro atoms. The molecule has 0 atom stereocenters. The van der Waals surface area contributed by atoms with Crippen LogP contribution >= 0.6 is 34.3 Å². The SMILES string of the molecule is Cc1nc(-c2ccc(Cl)cc2)sc1-c1nnc(Cc2csc(-c3ccccc3)n2)o1. The first-order chi connectivity index (χ1) is 14.7. The van der Waals surface area contributed by atoms with Gasteiger partial charge in [0, 0.05) is 21.5 Å². The topological polar surface area (TPSA) is 64.7 Å². The third kappa shape index (κ3) is 3.92. The van der Waals surface area contributed by atoms with Crippen molar-refractivity contribution in [3.05, 3.63) is 82.3 Å². The molecule has 0 amide bonds. The minimum atomic E-state index is 0.485. The summed E-state index contributed by atoms with van der Waals surface area (Å²) in [4.78, 5) is 10.2. The molecule has 0 bridgehead atoms. The zero-order valence-corrected chi connectivity index (χ0v) is 18.3. The average Bonchev–Trinajstić information content (AvgIpc) is 3.50. The van der Waals surface area contributed by atoms with Crippen LogP contribution in [0.4, 0.5) is 0 Å². The first-order valence-corrected chi connectivity index (χ1v) is 11.3. The van der Waals surface area contributed by atoms with E-state index in [1.54, 1.807) is 11.3 Å². The van der Waals surface area contributed by atoms with E-state index in [0.717, 1.165) is 37.4 Å². The summed E-state index contributed by atoms with van der Waals surface area (Å²) in [6.45, 7) is 1.95. The van der Waals surface area contributed by atoms with Gasteiger partial charge in [-0.2, -0.15) is 0 Å². The molecule has 2 aromatic carbocycles. The second kappa shape index (κ2) is 8.10. The zero-order valence-electron chi connectivity index (χ0n) is 15.9. The molecule has 148 valence electrons. The van der Waals surface area contributed by atoms with E-state index >= 15 is 0 Å². The third-order valence-corrected chi connectivity index (χ3v) is 6.84. The summed E-state index contributed by atoms with van der Waals surface area (Å²) in [6, 6.07) is 17.7. The maximum Gasteiger partial charge on any atom is 0.259 e. The van der Waals surface area contributed by atoms with Crippen molar-refractivity contribution < 1.29 is 4.42 Å². The second-order valence-electron chi connectivity index (χ2n) is 6.63. The number of thiazole rings is 2. The van der Waals surface area contributed by atoms with Gasteiger partial charge in [-0.05, 0) is 19.1 Å². The van der Waals surface area contributed by atoms with Crippen LogP contribution in [0.2, 0.25) is 5.02 Å². The molecule has 5 aromatic rings. The lowest BCUT2D eigenvalue weighted by Crippen LogP contribution is -1.88. The van der Waals surface area contributed by atoms with Crippen molar-refractivity contribution in [2.24, 2.45) is 0 Å². The van der Waals surface area contributed by atoms with Gasteiger partial charge in [-0.1, -0.05) is 54.1 Å². The van der Waals surface area contributed by atoms with E-state index in [4.69, 9.17) is 21.0 Å². The summed E-state index contributed by atoms with van der Waals surface area (Å²) in [5, 5.41) is 13.1. The molecule has 0 aliphatic rings. The van der Waals surface area contributed by atoms with E-state index < -0.39 is 0 Å². The first-order valence-electron chi connectivity index (χ1n) is 9.21. The van der Waals surface area contributed by atoms with Crippen molar-refractivity contribution in [3.8, 4) is 31.9 Å². The number of aromatic nitrogens is 4. The fourth-order valence-corrected chi connectivity index (χ4v) is 4.93. The summed E-state index contributed by atoms with van der Waals surface area (Å²) in [5.41, 5.74) is 3.89. The smallest absolute Gasteiger partial charge is 0.259 e. The number of benzene rings is 2. The van der Waals surface area contributed by atoms with Crippen molar-refractivity contribution in [1.29, 1.82) is 0 Å². The van der Waals surface area contributed by atoms with Crippen LogP contribution in [0.1, 0.15) is 17.3 Å². The lowest BCUT2D eigenvalue weighted by Gasteiger charge is -1.95. The van der Waals surface area contributed by atoms with Crippen molar-refractivity contribution in [1.82, 2.24) is 20.2 Å². The lowest BCUT2D eigenvalue weighted by atomic mass is 10.2. The van der Waals surface area contributed by atoms with E-state index in [1.807, 2.05) is 54.8 Å². The Bertz CT molecular complexity index is 1290. The predicted molar refractivity (Wildman–Crippen MR) is 121 cm³/mol. The van der Waals surface area contributed by atoms with E-state index in [0.29, 0.717) is 23.2 Å². The highest BCUT2D eigenvalue weighted by molar-refractivity contribution is 7.18. The zero-order chi connectivity index (χ0) is 20.5. The summed E-state index contributed by atoms with van der Waals surface area (Å²) in [6.07, 6.45) is 0.498. The van der Waals surface area contributed by atoms with E-state index in [1.165, 1.54) is 11.3 Å². The molecule has 0 unspecified atom stereocenters. The van der Waals surface area contributed by atoms with E-state index in [9.17, 15) is 0 Å². The van der Waals surface area contributed by atoms with Gasteiger partial charge in [-0.3, -0.25) is 0 Å². The van der Waals surface area contributed by atoms with Gasteiger partial charge in [0.2, 0.25) is 5.89 Å². The van der Waals surface area contributed by atoms with Crippen LogP contribution in [0.25, 0.3) is 31.9 Å². The lowest BCUT2D eigenvalue weighted by molar-refractivity contribution is 0.517. The number of aryl methyl sites for hydroxylation is 1. The number of nitrogens with zero attached hydrogens (tertiary/aromatic N) is 4. The Morgan fingerprint density at radius 2 is 1.67 bits per heavy atom. The molecule has 3 aromatic heterocycles. The fourth-order valence-electron chi connectivity index (χ4n) is 2.98. The number of rotatable bonds is 5. The average molecular weight is 451 g/mol. The van der Waals surface area contributed by atoms with Gasteiger partial charge in [0.1, 0.15) is 14.9 Å². The van der Waals surface area contributed by atoms with Crippen LogP contribution in [-0.4, -0.2) is 20.2 Å². The Morgan fingerprint density at radius 1 is 0.900 bits per heavy atom. The predicted octanol–water partition coefficient (Wildman–Crippen LogP) is 6.54. The van der Waals surface area contributed by atoms with Crippen LogP contribution in [0, 0.1) is 6.92 Å². The van der Waals surface area contributed by atoms with Crippen LogP contribution in [0.5, 0.6) is 0 Å². The minimum Gasteiger partial charge on any atom is -0.419 e. The number of halogens is 1. The summed E-state index contributed by atoms with van der Waals surface area (Å²) in [5.74, 6) is 1.02. The molecule has 3 heterocycles. The Hall–Kier alpha value is -2.87. The van der Waals surface area contributed by atoms with Gasteiger partial charge in [-0.15, -0.1) is 32.9 Å². The maximum absolute atomic E-state index is 5.98. The van der Waals surface area contributed by atoms with Crippen LogP contribution < -0.4 is 0 Å². The van der Waals surface area contributed by atoms with Gasteiger partial charge in [-0.25, -0.2) is 9.97 Å². The highest BCUT2D eigenvalue weighted by Gasteiger charge is 2.18. The van der Waals surface area contributed by atoms with Crippen molar-refractivity contribution >= 4 is 34.3 Å². The maximum atomic E-state index is 5.98. The van der Waals surface area contributed by atoms with Crippen molar-refractivity contribution in [2.45, 2.75) is 13.3 Å². The number of hydrogen-bond acceptors (Lipinski definition) is 7. The monoisotopic (exact) mass is 450 g/mol. The fraction of sp³-hybridized carbons (Fsp3) is 0.0909. The molecule has 5 nitrogen and oxygen atoms in total. The van der Waals surface area contributed by atoms with E-state index in [-0.39, 0.29) is 0 Å². The highest BCUT2D eigenvalue weighted by Crippen LogP contribution is 2.35. The molecule has 0 fully saturated rings. The van der Waals surface area contributed by atoms with Gasteiger partial charge < -0.3 is 4.42 Å². The molecule has 0 N–H and O–H groups in total. The number of hydrogen-bond donors (Lipinski definition) is 0. The van der Waals surface area contributed by atoms with Crippen LogP contribution in [0.3, 0.4) is 0 Å². The minimum absolute atomic E-state index is 0.485. The van der Waals surface area contributed by atoms with Crippen molar-refractivity contribution in [3.63, 3.8) is 0 Å². The molecule has 0 aliphatic carbocycles. The Balaban J connectivity index is 1.36. The summed E-state index contributed by atoms with van der Waals surface area (Å²) < 4.78 is 5.93. The summed E-state index contributed by atoms with van der Waals surface area (Å²) >= 11 is 9.12. The van der Waals surface area contributed by atoms with Crippen LogP contribution in [0.15, 0.2) is 64.4 Å². The molecule has 8 heteroatoms. The normalized spacial score (nSPS) is 11.1. The van der Waals surface area contributed by atoms with E-state index in [2.05, 4.69) is 27.3 Å². The molecule has 0 saturated carbocycles. The van der Waals surface area contributed by atoms with Crippen LogP contribution in [-0.2, 0) is 6.42 Å². The van der Waals surface area contributed by atoms with Gasteiger partial charge in [0.25, 0.3) is 5.89 Å². The highest BCUT2D eigenvalue weighted by atomic mass is 35.5.